The van der Waals surface area contributed by atoms with Crippen molar-refractivity contribution in [2.45, 2.75) is 10.7 Å². The number of halogens is 6. The number of hydrogen-bond acceptors (Lipinski definition) is 1. The first-order chi connectivity index (χ1) is 6.72. The number of ether oxygens (including phenoxy) is 1. The summed E-state index contributed by atoms with van der Waals surface area (Å²) in [5, 5.41) is -7.80. The molecule has 0 fully saturated rings. The monoisotopic (exact) mass is 278 g/mol. The number of rotatable bonds is 3. The molecule has 1 unspecified atom stereocenters. The molecule has 1 aromatic rings. The summed E-state index contributed by atoms with van der Waals surface area (Å²) < 4.78 is 41.9. The highest BCUT2D eigenvalue weighted by atomic mass is 35.5. The molecule has 15 heavy (non-hydrogen) atoms. The Hall–Kier alpha value is -0.320. The van der Waals surface area contributed by atoms with E-state index in [9.17, 15) is 13.2 Å². The van der Waals surface area contributed by atoms with Crippen molar-refractivity contribution < 1.29 is 17.9 Å². The molecule has 0 heterocycles. The third-order valence-electron chi connectivity index (χ3n) is 1.39. The molecule has 0 spiro atoms. The van der Waals surface area contributed by atoms with Crippen molar-refractivity contribution in [1.82, 2.24) is 0 Å². The quantitative estimate of drug-likeness (QED) is 0.745. The highest BCUT2D eigenvalue weighted by molar-refractivity contribution is 6.32. The smallest absolute Gasteiger partial charge is 0.406 e. The Morgan fingerprint density at radius 3 is 1.87 bits per heavy atom. The van der Waals surface area contributed by atoms with E-state index in [1.54, 1.807) is 0 Å². The van der Waals surface area contributed by atoms with Crippen molar-refractivity contribution in [2.75, 3.05) is 0 Å². The molecule has 0 aromatic heterocycles. The second-order valence-corrected chi connectivity index (χ2v) is 3.97. The third-order valence-corrected chi connectivity index (χ3v) is 2.30. The Bertz CT molecular complexity index is 334. The number of alkyl halides is 5. The average molecular weight is 279 g/mol. The standard InChI is InChI=1S/C8H4Cl3F3O/c9-5-1-3-6(4-2-5)15-8(11,14)7(10,12)13/h1-4H. The van der Waals surface area contributed by atoms with Crippen LogP contribution >= 0.6 is 34.8 Å². The Morgan fingerprint density at radius 2 is 1.47 bits per heavy atom. The minimum Gasteiger partial charge on any atom is -0.440 e. The van der Waals surface area contributed by atoms with Gasteiger partial charge in [0.2, 0.25) is 0 Å². The summed E-state index contributed by atoms with van der Waals surface area (Å²) in [5.41, 5.74) is 0. The van der Waals surface area contributed by atoms with Crippen LogP contribution in [0.1, 0.15) is 0 Å². The summed E-state index contributed by atoms with van der Waals surface area (Å²) in [7, 11) is 0. The summed E-state index contributed by atoms with van der Waals surface area (Å²) in [5.74, 6) is -0.211. The predicted octanol–water partition coefficient (Wildman–Crippen LogP) is 4.41. The van der Waals surface area contributed by atoms with Gasteiger partial charge in [-0.05, 0) is 47.5 Å². The van der Waals surface area contributed by atoms with E-state index < -0.39 is 10.7 Å². The Kier molecular flexibility index (Phi) is 3.63. The van der Waals surface area contributed by atoms with E-state index in [0.717, 1.165) is 0 Å². The van der Waals surface area contributed by atoms with Crippen LogP contribution in [-0.4, -0.2) is 10.7 Å². The van der Waals surface area contributed by atoms with Crippen molar-refractivity contribution in [2.24, 2.45) is 0 Å². The van der Waals surface area contributed by atoms with Crippen LogP contribution in [0.25, 0.3) is 0 Å². The molecule has 0 saturated heterocycles. The van der Waals surface area contributed by atoms with Gasteiger partial charge in [0.05, 0.1) is 0 Å². The second kappa shape index (κ2) is 4.28. The normalized spacial score (nSPS) is 15.9. The molecule has 0 radical (unpaired) electrons. The minimum atomic E-state index is -4.34. The van der Waals surface area contributed by atoms with Gasteiger partial charge in [-0.2, -0.15) is 13.2 Å². The SMILES string of the molecule is FC(F)(Cl)C(F)(Cl)Oc1ccc(Cl)cc1. The van der Waals surface area contributed by atoms with Gasteiger partial charge in [0.25, 0.3) is 0 Å². The molecule has 84 valence electrons. The maximum atomic E-state index is 13.0. The highest BCUT2D eigenvalue weighted by Crippen LogP contribution is 2.41. The molecule has 1 nitrogen and oxygen atoms in total. The molecule has 0 N–H and O–H groups in total. The maximum Gasteiger partial charge on any atom is 0.406 e. The number of hydrogen-bond donors (Lipinski definition) is 0. The molecule has 0 amide bonds. The largest absolute Gasteiger partial charge is 0.440 e. The van der Waals surface area contributed by atoms with Gasteiger partial charge in [0, 0.05) is 5.02 Å². The van der Waals surface area contributed by atoms with Crippen molar-refractivity contribution in [3.8, 4) is 5.75 Å². The molecule has 0 aliphatic rings. The van der Waals surface area contributed by atoms with Gasteiger partial charge < -0.3 is 4.74 Å². The first-order valence-electron chi connectivity index (χ1n) is 3.61. The van der Waals surface area contributed by atoms with Crippen LogP contribution in [0.2, 0.25) is 5.02 Å². The van der Waals surface area contributed by atoms with Crippen LogP contribution in [0.15, 0.2) is 24.3 Å². The lowest BCUT2D eigenvalue weighted by Gasteiger charge is -2.23. The summed E-state index contributed by atoms with van der Waals surface area (Å²) >= 11 is 14.7. The van der Waals surface area contributed by atoms with Gasteiger partial charge >= 0.3 is 10.7 Å². The topological polar surface area (TPSA) is 9.23 Å². The van der Waals surface area contributed by atoms with Gasteiger partial charge in [-0.1, -0.05) is 11.6 Å². The van der Waals surface area contributed by atoms with Crippen molar-refractivity contribution >= 4 is 34.8 Å². The van der Waals surface area contributed by atoms with Crippen LogP contribution in [0.3, 0.4) is 0 Å². The van der Waals surface area contributed by atoms with Gasteiger partial charge in [-0.25, -0.2) is 0 Å². The second-order valence-electron chi connectivity index (χ2n) is 2.57. The summed E-state index contributed by atoms with van der Waals surface area (Å²) in [4.78, 5) is 0. The van der Waals surface area contributed by atoms with Gasteiger partial charge in [-0.15, -0.1) is 0 Å². The van der Waals surface area contributed by atoms with E-state index in [4.69, 9.17) is 23.2 Å². The summed E-state index contributed by atoms with van der Waals surface area (Å²) in [6, 6.07) is 5.02. The molecule has 1 rings (SSSR count). The molecule has 0 aliphatic heterocycles. The van der Waals surface area contributed by atoms with Crippen LogP contribution in [0.4, 0.5) is 13.2 Å². The average Bonchev–Trinajstić information content (AvgIpc) is 2.06. The molecular weight excluding hydrogens is 275 g/mol. The fourth-order valence-corrected chi connectivity index (χ4v) is 0.962. The van der Waals surface area contributed by atoms with Crippen molar-refractivity contribution in [3.63, 3.8) is 0 Å². The molecule has 1 atom stereocenters. The van der Waals surface area contributed by atoms with Crippen LogP contribution in [0, 0.1) is 0 Å². The Morgan fingerprint density at radius 1 is 1.00 bits per heavy atom. The van der Waals surface area contributed by atoms with E-state index in [2.05, 4.69) is 16.3 Å². The molecule has 0 saturated carbocycles. The molecule has 1 aromatic carbocycles. The van der Waals surface area contributed by atoms with Crippen LogP contribution in [0.5, 0.6) is 5.75 Å². The zero-order valence-electron chi connectivity index (χ0n) is 6.99. The van der Waals surface area contributed by atoms with E-state index in [0.29, 0.717) is 5.02 Å². The van der Waals surface area contributed by atoms with Gasteiger partial charge in [-0.3, -0.25) is 0 Å². The van der Waals surface area contributed by atoms with E-state index in [-0.39, 0.29) is 5.75 Å². The summed E-state index contributed by atoms with van der Waals surface area (Å²) in [6.07, 6.45) is 0. The van der Waals surface area contributed by atoms with E-state index in [1.807, 2.05) is 0 Å². The minimum absolute atomic E-state index is 0.211. The first-order valence-corrected chi connectivity index (χ1v) is 4.75. The third kappa shape index (κ3) is 3.33. The van der Waals surface area contributed by atoms with E-state index in [1.165, 1.54) is 24.3 Å². The van der Waals surface area contributed by atoms with Gasteiger partial charge in [0.15, 0.2) is 0 Å². The lowest BCUT2D eigenvalue weighted by atomic mass is 10.3. The van der Waals surface area contributed by atoms with Crippen molar-refractivity contribution in [3.05, 3.63) is 29.3 Å². The fraction of sp³-hybridized carbons (Fsp3) is 0.250. The number of benzene rings is 1. The molecule has 0 bridgehead atoms. The zero-order valence-corrected chi connectivity index (χ0v) is 9.25. The fourth-order valence-electron chi connectivity index (χ4n) is 0.709. The van der Waals surface area contributed by atoms with Crippen LogP contribution < -0.4 is 4.74 Å². The van der Waals surface area contributed by atoms with Crippen molar-refractivity contribution in [1.29, 1.82) is 0 Å². The predicted molar refractivity (Wildman–Crippen MR) is 52.6 cm³/mol. The Labute approximate surface area is 98.7 Å². The molecule has 7 heteroatoms. The maximum absolute atomic E-state index is 13.0. The zero-order chi connectivity index (χ0) is 11.7. The molecule has 0 aliphatic carbocycles. The van der Waals surface area contributed by atoms with E-state index >= 15 is 0 Å². The first kappa shape index (κ1) is 12.7. The van der Waals surface area contributed by atoms with Crippen LogP contribution in [-0.2, 0) is 0 Å². The lowest BCUT2D eigenvalue weighted by Crippen LogP contribution is -2.39. The molecular formula is C8H4Cl3F3O. The highest BCUT2D eigenvalue weighted by Gasteiger charge is 2.55. The van der Waals surface area contributed by atoms with Gasteiger partial charge in [0.1, 0.15) is 5.75 Å². The lowest BCUT2D eigenvalue weighted by molar-refractivity contribution is -0.131. The summed E-state index contributed by atoms with van der Waals surface area (Å²) in [6.45, 7) is 0. The Balaban J connectivity index is 2.82.